The van der Waals surface area contributed by atoms with Gasteiger partial charge < -0.3 is 35.2 Å². The fourth-order valence-electron chi connectivity index (χ4n) is 8.28. The van der Waals surface area contributed by atoms with E-state index in [1.807, 2.05) is 14.0 Å². The molecule has 0 fully saturated rings. The van der Waals surface area contributed by atoms with E-state index in [9.17, 15) is 64.4 Å². The van der Waals surface area contributed by atoms with E-state index in [0.29, 0.717) is 64.0 Å². The van der Waals surface area contributed by atoms with Gasteiger partial charge in [-0.25, -0.2) is 24.0 Å². The first-order valence-corrected chi connectivity index (χ1v) is 25.9. The Labute approximate surface area is 502 Å². The molecule has 9 aromatic rings. The topological polar surface area (TPSA) is 438 Å². The number of ether oxygens (including phenoxy) is 5. The van der Waals surface area contributed by atoms with Crippen LogP contribution in [0.3, 0.4) is 0 Å². The molecule has 5 N–H and O–H groups in total. The number of benzene rings is 5. The summed E-state index contributed by atoms with van der Waals surface area (Å²) in [6.45, 7) is 5.08. The first-order valence-electron chi connectivity index (χ1n) is 23.5. The summed E-state index contributed by atoms with van der Waals surface area (Å²) in [6.07, 6.45) is 5.83. The van der Waals surface area contributed by atoms with E-state index in [1.54, 1.807) is 38.0 Å². The Hall–Kier alpha value is -10.0. The first kappa shape index (κ1) is 65.8. The van der Waals surface area contributed by atoms with Gasteiger partial charge in [0.15, 0.2) is 0 Å². The van der Waals surface area contributed by atoms with E-state index in [2.05, 4.69) is 92.2 Å². The van der Waals surface area contributed by atoms with Gasteiger partial charge in [0.1, 0.15) is 4.47 Å². The minimum Gasteiger partial charge on any atom is -0.465 e. The first-order chi connectivity index (χ1) is 39.9. The third kappa shape index (κ3) is 13.4. The zero-order valence-corrected chi connectivity index (χ0v) is 51.0. The van der Waals surface area contributed by atoms with Gasteiger partial charge >= 0.3 is 29.8 Å². The fraction of sp³-hybridized carbons (Fsp3) is 0.220. The lowest BCUT2D eigenvalue weighted by Crippen LogP contribution is -2.07. The minimum atomic E-state index is -0.679. The Kier molecular flexibility index (Phi) is 21.2. The molecule has 0 bridgehead atoms. The number of non-ortho nitro benzene ring substituents is 3. The number of nitrogens with one attached hydrogen (secondary N) is 1. The number of esters is 5. The Bertz CT molecular complexity index is 4110. The lowest BCUT2D eigenvalue weighted by Gasteiger charge is -2.08. The molecule has 35 heteroatoms. The van der Waals surface area contributed by atoms with Gasteiger partial charge in [-0.3, -0.25) is 59.6 Å². The van der Waals surface area contributed by atoms with Crippen molar-refractivity contribution >= 4 is 155 Å². The van der Waals surface area contributed by atoms with Crippen LogP contribution in [-0.4, -0.2) is 125 Å². The van der Waals surface area contributed by atoms with Crippen LogP contribution in [-0.2, 0) is 44.8 Å². The Morgan fingerprint density at radius 2 is 0.800 bits per heavy atom. The van der Waals surface area contributed by atoms with Crippen molar-refractivity contribution in [2.75, 3.05) is 47.0 Å². The molecule has 0 aliphatic carbocycles. The molecule has 4 aromatic heterocycles. The number of hydrogen-bond donors (Lipinski definition) is 3. The van der Waals surface area contributed by atoms with Crippen LogP contribution in [0, 0.1) is 61.2 Å². The number of carbonyl (C=O) groups excluding carboxylic acids is 5. The number of aromatic amines is 1. The summed E-state index contributed by atoms with van der Waals surface area (Å²) in [5, 5.41) is 64.1. The third-order valence-electron chi connectivity index (χ3n) is 12.5. The molecule has 0 saturated carbocycles. The predicted molar refractivity (Wildman–Crippen MR) is 314 cm³/mol. The molecule has 0 unspecified atom stereocenters. The highest BCUT2D eigenvalue weighted by Gasteiger charge is 2.28. The maximum Gasteiger partial charge on any atom is 0.339 e. The van der Waals surface area contributed by atoms with Crippen molar-refractivity contribution in [3.05, 3.63) is 154 Å². The van der Waals surface area contributed by atoms with Crippen molar-refractivity contribution < 1.29 is 67.4 Å². The molecule has 5 aromatic carbocycles. The number of nitro groups is 4. The molecule has 0 spiro atoms. The van der Waals surface area contributed by atoms with Crippen LogP contribution in [0.15, 0.2) is 68.5 Å². The molecular formula is C50H47Br3N14O18. The number of carbonyl (C=O) groups is 5. The van der Waals surface area contributed by atoms with Crippen LogP contribution >= 0.6 is 47.8 Å². The Balaban J connectivity index is 0.000000194. The average Bonchev–Trinajstić information content (AvgIpc) is 2.46. The summed E-state index contributed by atoms with van der Waals surface area (Å²) in [5.74, 6) is -2.96. The van der Waals surface area contributed by atoms with Crippen LogP contribution in [0.4, 0.5) is 34.1 Å². The van der Waals surface area contributed by atoms with Crippen LogP contribution in [0.25, 0.3) is 43.6 Å². The summed E-state index contributed by atoms with van der Waals surface area (Å²) in [4.78, 5) is 99.0. The van der Waals surface area contributed by atoms with Gasteiger partial charge in [0, 0.05) is 56.1 Å². The standard InChI is InChI=1S/C11H11N3O4.C11H13N3O2.C10H8BrN3O4.C9H6BrN3O4.C9H9BrN2O4/c1-6-7(11(15)18-3)4-9(14(16)17)8-5-12-13(2)10(6)8;1-6-7(11(15)16-3)4-9(12)8-5-13-14(2)10(6)8;1-13-9-6(4-12-13)7(14(16)17)3-5(8(9)11)10(15)18-2;1-17-9(14)4-2-6(13(15)16)5-3-11-12-8(5)7(4)10;1-4-6(11)3-5(9(13)16-2)7(10)8(4)12(14)15/h4-5H,1-3H3;4-5H,12H2,1-3H3;3-4H,1-2H3;2-3H,1H3,(H,11,12);3H,11H2,1-2H3. The third-order valence-corrected chi connectivity index (χ3v) is 14.9. The molecular weight excluding hydrogens is 1320 g/mol. The van der Waals surface area contributed by atoms with Gasteiger partial charge in [-0.2, -0.15) is 20.4 Å². The van der Waals surface area contributed by atoms with E-state index >= 15 is 0 Å². The second-order valence-electron chi connectivity index (χ2n) is 17.3. The highest BCUT2D eigenvalue weighted by Crippen LogP contribution is 2.38. The van der Waals surface area contributed by atoms with Gasteiger partial charge in [-0.1, -0.05) is 0 Å². The van der Waals surface area contributed by atoms with Crippen molar-refractivity contribution in [3.8, 4) is 0 Å². The van der Waals surface area contributed by atoms with Gasteiger partial charge in [0.2, 0.25) is 0 Å². The van der Waals surface area contributed by atoms with Crippen LogP contribution in [0.2, 0.25) is 0 Å². The van der Waals surface area contributed by atoms with E-state index < -0.39 is 43.6 Å². The second-order valence-corrected chi connectivity index (χ2v) is 19.6. The van der Waals surface area contributed by atoms with Gasteiger partial charge in [0.25, 0.3) is 22.7 Å². The van der Waals surface area contributed by atoms with E-state index in [4.69, 9.17) is 16.2 Å². The summed E-state index contributed by atoms with van der Waals surface area (Å²) in [7, 11) is 11.3. The maximum atomic E-state index is 11.6. The zero-order chi connectivity index (χ0) is 63.8. The normalized spacial score (nSPS) is 10.5. The van der Waals surface area contributed by atoms with Crippen molar-refractivity contribution in [2.24, 2.45) is 21.1 Å². The molecule has 446 valence electrons. The van der Waals surface area contributed by atoms with Crippen molar-refractivity contribution in [1.29, 1.82) is 0 Å². The molecule has 85 heavy (non-hydrogen) atoms. The SMILES string of the molecule is COC(=O)c1cc(N)c(C)c([N+](=O)[O-])c1Br.COC(=O)c1cc(N)c2cnn(C)c2c1C.COC(=O)c1cc([N+](=O)[O-])c2cn[nH]c2c1Br.COC(=O)c1cc([N+](=O)[O-])c2cnn(C)c2c1Br.COC(=O)c1cc([N+](=O)[O-])c2cnn(C)c2c1C. The molecule has 0 aliphatic heterocycles. The number of aryl methyl sites for hydroxylation is 5. The molecule has 4 heterocycles. The van der Waals surface area contributed by atoms with Crippen LogP contribution in [0.5, 0.6) is 0 Å². The quantitative estimate of drug-likeness (QED) is 0.0399. The number of fused-ring (bicyclic) bond motifs is 4. The smallest absolute Gasteiger partial charge is 0.339 e. The predicted octanol–water partition coefficient (Wildman–Crippen LogP) is 8.91. The van der Waals surface area contributed by atoms with E-state index in [-0.39, 0.29) is 61.1 Å². The number of methoxy groups -OCH3 is 5. The summed E-state index contributed by atoms with van der Waals surface area (Å²) < 4.78 is 28.5. The number of H-pyrrole nitrogens is 1. The van der Waals surface area contributed by atoms with Gasteiger partial charge in [-0.15, -0.1) is 0 Å². The van der Waals surface area contributed by atoms with E-state index in [0.717, 1.165) is 22.5 Å². The molecule has 0 atom stereocenters. The number of rotatable bonds is 9. The van der Waals surface area contributed by atoms with Crippen LogP contribution < -0.4 is 11.5 Å². The zero-order valence-electron chi connectivity index (χ0n) is 46.3. The number of nitrogen functional groups attached to an aromatic ring is 2. The number of nitro benzene ring substituents is 4. The monoisotopic (exact) mass is 1370 g/mol. The van der Waals surface area contributed by atoms with E-state index in [1.165, 1.54) is 88.6 Å². The Morgan fingerprint density at radius 3 is 1.24 bits per heavy atom. The lowest BCUT2D eigenvalue weighted by molar-refractivity contribution is -0.386. The van der Waals surface area contributed by atoms with Crippen molar-refractivity contribution in [1.82, 2.24) is 39.5 Å². The highest BCUT2D eigenvalue weighted by molar-refractivity contribution is 9.11. The second kappa shape index (κ2) is 27.4. The molecule has 0 saturated heterocycles. The molecule has 0 amide bonds. The number of aromatic nitrogens is 8. The number of nitrogens with zero attached hydrogens (tertiary/aromatic N) is 11. The number of nitrogens with two attached hydrogens (primary N) is 2. The number of halogens is 3. The highest BCUT2D eigenvalue weighted by atomic mass is 79.9. The van der Waals surface area contributed by atoms with Crippen LogP contribution in [0.1, 0.15) is 68.5 Å². The summed E-state index contributed by atoms with van der Waals surface area (Å²) in [5.41, 5.74) is 16.3. The number of anilines is 2. The molecule has 32 nitrogen and oxygen atoms in total. The molecule has 0 radical (unpaired) electrons. The largest absolute Gasteiger partial charge is 0.465 e. The fourth-order valence-corrected chi connectivity index (χ4v) is 10.3. The minimum absolute atomic E-state index is 0.0392. The maximum absolute atomic E-state index is 11.6. The molecule has 9 rings (SSSR count). The lowest BCUT2D eigenvalue weighted by atomic mass is 10.0. The van der Waals surface area contributed by atoms with Crippen molar-refractivity contribution in [2.45, 2.75) is 20.8 Å². The average molecular weight is 1370 g/mol. The van der Waals surface area contributed by atoms with Crippen molar-refractivity contribution in [3.63, 3.8) is 0 Å². The molecule has 0 aliphatic rings. The number of hydrogen-bond acceptors (Lipinski definition) is 24. The summed E-state index contributed by atoms with van der Waals surface area (Å²) in [6, 6.07) is 6.54. The van der Waals surface area contributed by atoms with Gasteiger partial charge in [0.05, 0.1) is 161 Å². The van der Waals surface area contributed by atoms with Gasteiger partial charge in [-0.05, 0) is 91.8 Å². The Morgan fingerprint density at radius 1 is 0.459 bits per heavy atom. The summed E-state index contributed by atoms with van der Waals surface area (Å²) >= 11 is 9.45.